The summed E-state index contributed by atoms with van der Waals surface area (Å²) in [6.45, 7) is 15.8. The maximum Gasteiger partial charge on any atom is 0.0729 e. The number of nitrogens with two attached hydrogens (primary N) is 1. The fourth-order valence-electron chi connectivity index (χ4n) is 2.60. The van der Waals surface area contributed by atoms with E-state index in [9.17, 15) is 0 Å². The summed E-state index contributed by atoms with van der Waals surface area (Å²) in [7, 11) is 0. The van der Waals surface area contributed by atoms with Gasteiger partial charge in [-0.3, -0.25) is 9.80 Å². The predicted octanol–water partition coefficient (Wildman–Crippen LogP) is 2.90. The molecule has 0 aromatic rings. The van der Waals surface area contributed by atoms with Gasteiger partial charge in [0.2, 0.25) is 0 Å². The van der Waals surface area contributed by atoms with Gasteiger partial charge in [0.25, 0.3) is 0 Å². The largest absolute Gasteiger partial charge is 0.314 e. The Morgan fingerprint density at radius 2 is 1.06 bits per heavy atom. The van der Waals surface area contributed by atoms with E-state index in [0.717, 1.165) is 26.2 Å². The number of hydrogen-bond acceptors (Lipinski definition) is 3. The third kappa shape index (κ3) is 6.17. The van der Waals surface area contributed by atoms with Crippen LogP contribution in [0.5, 0.6) is 0 Å². The van der Waals surface area contributed by atoms with Crippen LogP contribution in [0.2, 0.25) is 0 Å². The highest BCUT2D eigenvalue weighted by atomic mass is 15.3. The minimum absolute atomic E-state index is 0.169. The first kappa shape index (κ1) is 17.9. The fourth-order valence-corrected chi connectivity index (χ4v) is 2.60. The highest BCUT2D eigenvalue weighted by Gasteiger charge is 2.23. The van der Waals surface area contributed by atoms with Crippen LogP contribution in [0.25, 0.3) is 0 Å². The second-order valence-corrected chi connectivity index (χ2v) is 5.30. The van der Waals surface area contributed by atoms with E-state index < -0.39 is 0 Å². The Morgan fingerprint density at radius 3 is 1.39 bits per heavy atom. The molecule has 0 aliphatic rings. The van der Waals surface area contributed by atoms with E-state index in [1.165, 1.54) is 25.7 Å². The molecule has 3 heteroatoms. The zero-order valence-electron chi connectivity index (χ0n) is 13.3. The lowest BCUT2D eigenvalue weighted by molar-refractivity contribution is 0.0884. The molecule has 0 amide bonds. The molecule has 0 aliphatic carbocycles. The highest BCUT2D eigenvalue weighted by molar-refractivity contribution is 4.79. The topological polar surface area (TPSA) is 32.5 Å². The van der Waals surface area contributed by atoms with Crippen molar-refractivity contribution in [1.29, 1.82) is 0 Å². The Hall–Kier alpha value is -0.120. The zero-order chi connectivity index (χ0) is 14.0. The molecule has 0 aromatic heterocycles. The Labute approximate surface area is 115 Å². The first-order valence-electron chi connectivity index (χ1n) is 7.85. The fraction of sp³-hybridized carbons (Fsp3) is 1.00. The lowest BCUT2D eigenvalue weighted by atomic mass is 10.1. The van der Waals surface area contributed by atoms with Crippen molar-refractivity contribution >= 4 is 0 Å². The van der Waals surface area contributed by atoms with Crippen molar-refractivity contribution in [1.82, 2.24) is 9.80 Å². The molecular formula is C15H35N3. The Bertz CT molecular complexity index is 153. The molecule has 18 heavy (non-hydrogen) atoms. The van der Waals surface area contributed by atoms with E-state index >= 15 is 0 Å². The van der Waals surface area contributed by atoms with Gasteiger partial charge in [0, 0.05) is 6.04 Å². The van der Waals surface area contributed by atoms with Gasteiger partial charge in [-0.1, -0.05) is 27.7 Å². The summed E-state index contributed by atoms with van der Waals surface area (Å²) in [5.74, 6) is 0. The first-order valence-corrected chi connectivity index (χ1v) is 7.85. The van der Waals surface area contributed by atoms with Crippen LogP contribution < -0.4 is 5.73 Å². The van der Waals surface area contributed by atoms with Crippen LogP contribution in [-0.4, -0.2) is 48.2 Å². The average Bonchev–Trinajstić information content (AvgIpc) is 2.36. The van der Waals surface area contributed by atoms with Gasteiger partial charge in [-0.05, 0) is 58.8 Å². The van der Waals surface area contributed by atoms with Gasteiger partial charge in [0.1, 0.15) is 0 Å². The molecule has 0 saturated carbocycles. The molecule has 0 heterocycles. The zero-order valence-corrected chi connectivity index (χ0v) is 13.3. The van der Waals surface area contributed by atoms with Gasteiger partial charge < -0.3 is 5.73 Å². The summed E-state index contributed by atoms with van der Waals surface area (Å²) >= 11 is 0. The van der Waals surface area contributed by atoms with E-state index in [4.69, 9.17) is 5.73 Å². The van der Waals surface area contributed by atoms with Crippen LogP contribution in [0.15, 0.2) is 0 Å². The summed E-state index contributed by atoms with van der Waals surface area (Å²) in [6, 6.07) is 0.447. The summed E-state index contributed by atoms with van der Waals surface area (Å²) in [5.41, 5.74) is 6.48. The summed E-state index contributed by atoms with van der Waals surface area (Å²) in [6.07, 6.45) is 4.95. The maximum absolute atomic E-state index is 6.48. The van der Waals surface area contributed by atoms with Crippen LogP contribution in [0.4, 0.5) is 0 Å². The standard InChI is InChI=1S/C15H35N3/c1-6-10-17(11-7-2)14(5)15(16)18(12-8-3)13-9-4/h14-15H,6-13,16H2,1-5H3. The third-order valence-electron chi connectivity index (χ3n) is 3.54. The number of nitrogens with zero attached hydrogens (tertiary/aromatic N) is 2. The van der Waals surface area contributed by atoms with E-state index in [2.05, 4.69) is 44.4 Å². The molecule has 2 unspecified atom stereocenters. The molecule has 2 atom stereocenters. The van der Waals surface area contributed by atoms with Crippen LogP contribution >= 0.6 is 0 Å². The molecule has 3 nitrogen and oxygen atoms in total. The van der Waals surface area contributed by atoms with Gasteiger partial charge in [-0.25, -0.2) is 0 Å². The summed E-state index contributed by atoms with van der Waals surface area (Å²) in [4.78, 5) is 4.99. The van der Waals surface area contributed by atoms with Crippen molar-refractivity contribution in [2.24, 2.45) is 5.73 Å². The summed E-state index contributed by atoms with van der Waals surface area (Å²) < 4.78 is 0. The van der Waals surface area contributed by atoms with Crippen LogP contribution in [-0.2, 0) is 0 Å². The quantitative estimate of drug-likeness (QED) is 0.578. The number of hydrogen-bond donors (Lipinski definition) is 1. The molecule has 110 valence electrons. The van der Waals surface area contributed by atoms with Crippen LogP contribution in [0.1, 0.15) is 60.3 Å². The minimum atomic E-state index is 0.169. The second-order valence-electron chi connectivity index (χ2n) is 5.30. The Balaban J connectivity index is 4.51. The average molecular weight is 257 g/mol. The van der Waals surface area contributed by atoms with Gasteiger partial charge in [0.05, 0.1) is 6.17 Å². The Morgan fingerprint density at radius 1 is 0.722 bits per heavy atom. The lowest BCUT2D eigenvalue weighted by Gasteiger charge is -2.38. The van der Waals surface area contributed by atoms with E-state index in [1.54, 1.807) is 0 Å². The van der Waals surface area contributed by atoms with Crippen molar-refractivity contribution in [2.75, 3.05) is 26.2 Å². The predicted molar refractivity (Wildman–Crippen MR) is 81.7 cm³/mol. The van der Waals surface area contributed by atoms with Crippen LogP contribution in [0.3, 0.4) is 0 Å². The summed E-state index contributed by atoms with van der Waals surface area (Å²) in [5, 5.41) is 0. The molecule has 0 radical (unpaired) electrons. The molecule has 2 N–H and O–H groups in total. The van der Waals surface area contributed by atoms with Crippen molar-refractivity contribution in [2.45, 2.75) is 72.5 Å². The van der Waals surface area contributed by atoms with Crippen molar-refractivity contribution in [3.63, 3.8) is 0 Å². The molecule has 0 fully saturated rings. The van der Waals surface area contributed by atoms with Crippen molar-refractivity contribution < 1.29 is 0 Å². The van der Waals surface area contributed by atoms with E-state index in [0.29, 0.717) is 6.04 Å². The highest BCUT2D eigenvalue weighted by Crippen LogP contribution is 2.10. The monoisotopic (exact) mass is 257 g/mol. The van der Waals surface area contributed by atoms with Crippen LogP contribution in [0, 0.1) is 0 Å². The van der Waals surface area contributed by atoms with Crippen molar-refractivity contribution in [3.8, 4) is 0 Å². The van der Waals surface area contributed by atoms with E-state index in [-0.39, 0.29) is 6.17 Å². The molecule has 0 bridgehead atoms. The van der Waals surface area contributed by atoms with Crippen molar-refractivity contribution in [3.05, 3.63) is 0 Å². The number of rotatable bonds is 11. The lowest BCUT2D eigenvalue weighted by Crippen LogP contribution is -2.56. The second kappa shape index (κ2) is 10.8. The smallest absolute Gasteiger partial charge is 0.0729 e. The normalized spacial score (nSPS) is 15.3. The molecule has 0 spiro atoms. The Kier molecular flexibility index (Phi) is 10.7. The molecule has 0 aliphatic heterocycles. The maximum atomic E-state index is 6.48. The first-order chi connectivity index (χ1) is 8.62. The van der Waals surface area contributed by atoms with Gasteiger partial charge in [-0.15, -0.1) is 0 Å². The minimum Gasteiger partial charge on any atom is -0.314 e. The molecule has 0 saturated heterocycles. The van der Waals surface area contributed by atoms with Gasteiger partial charge >= 0.3 is 0 Å². The molecule has 0 rings (SSSR count). The van der Waals surface area contributed by atoms with Gasteiger partial charge in [-0.2, -0.15) is 0 Å². The molecular weight excluding hydrogens is 222 g/mol. The van der Waals surface area contributed by atoms with Gasteiger partial charge in [0.15, 0.2) is 0 Å². The third-order valence-corrected chi connectivity index (χ3v) is 3.54. The SMILES string of the molecule is CCCN(CCC)C(C)C(N)N(CCC)CCC. The molecule has 0 aromatic carbocycles. The van der Waals surface area contributed by atoms with E-state index in [1.807, 2.05) is 0 Å².